The molecule has 1 unspecified atom stereocenters. The minimum Gasteiger partial charge on any atom is -0.330 e. The number of nitrogens with zero attached hydrogens (tertiary/aromatic N) is 1. The minimum absolute atomic E-state index is 0.0704. The van der Waals surface area contributed by atoms with Crippen LogP contribution in [0.4, 0.5) is 0 Å². The van der Waals surface area contributed by atoms with Gasteiger partial charge in [-0.2, -0.15) is 0 Å². The second-order valence-corrected chi connectivity index (χ2v) is 5.29. The fraction of sp³-hybridized carbons (Fsp3) is 0.750. The highest BCUT2D eigenvalue weighted by Gasteiger charge is 2.25. The van der Waals surface area contributed by atoms with Crippen LogP contribution in [0.1, 0.15) is 50.7 Å². The summed E-state index contributed by atoms with van der Waals surface area (Å²) in [6, 6.07) is 0. The van der Waals surface area contributed by atoms with Crippen LogP contribution in [0, 0.1) is 0 Å². The zero-order valence-corrected chi connectivity index (χ0v) is 10.9. The number of unbranched alkanes of at least 4 members (excludes halogenated alkanes) is 1. The van der Waals surface area contributed by atoms with Gasteiger partial charge in [-0.05, 0) is 19.3 Å². The third-order valence-electron chi connectivity index (χ3n) is 3.15. The van der Waals surface area contributed by atoms with E-state index in [1.807, 2.05) is 0 Å². The van der Waals surface area contributed by atoms with Crippen LogP contribution in [-0.2, 0) is 11.8 Å². The lowest BCUT2D eigenvalue weighted by molar-refractivity contribution is 0.454. The van der Waals surface area contributed by atoms with Crippen molar-refractivity contribution >= 4 is 11.3 Å². The summed E-state index contributed by atoms with van der Waals surface area (Å²) < 4.78 is 0. The molecule has 0 aliphatic heterocycles. The molecule has 86 valence electrons. The molecule has 3 heteroatoms. The second kappa shape index (κ2) is 5.61. The van der Waals surface area contributed by atoms with Crippen LogP contribution in [0.3, 0.4) is 0 Å². The molecular weight excluding hydrogens is 204 g/mol. The predicted molar refractivity (Wildman–Crippen MR) is 67.4 cm³/mol. The molecule has 0 aromatic carbocycles. The van der Waals surface area contributed by atoms with E-state index in [2.05, 4.69) is 26.2 Å². The van der Waals surface area contributed by atoms with Crippen molar-refractivity contribution in [2.45, 2.75) is 51.9 Å². The molecule has 1 aromatic heterocycles. The number of thiazole rings is 1. The maximum absolute atomic E-state index is 5.82. The molecule has 0 saturated heterocycles. The van der Waals surface area contributed by atoms with E-state index >= 15 is 0 Å². The lowest BCUT2D eigenvalue weighted by Gasteiger charge is -2.23. The average Bonchev–Trinajstić information content (AvgIpc) is 2.74. The summed E-state index contributed by atoms with van der Waals surface area (Å²) in [6.45, 7) is 7.27. The van der Waals surface area contributed by atoms with Crippen molar-refractivity contribution in [3.63, 3.8) is 0 Å². The molecule has 2 N–H and O–H groups in total. The van der Waals surface area contributed by atoms with Gasteiger partial charge >= 0.3 is 0 Å². The Morgan fingerprint density at radius 2 is 2.20 bits per heavy atom. The minimum atomic E-state index is 0.0704. The molecule has 0 bridgehead atoms. The highest BCUT2D eigenvalue weighted by Crippen LogP contribution is 2.27. The number of rotatable bonds is 6. The van der Waals surface area contributed by atoms with Crippen LogP contribution in [0.15, 0.2) is 5.38 Å². The molecular formula is C12H22N2S. The van der Waals surface area contributed by atoms with Crippen molar-refractivity contribution in [2.75, 3.05) is 6.54 Å². The lowest BCUT2D eigenvalue weighted by atomic mass is 9.85. The fourth-order valence-corrected chi connectivity index (χ4v) is 2.46. The van der Waals surface area contributed by atoms with Gasteiger partial charge in [0.15, 0.2) is 0 Å². The van der Waals surface area contributed by atoms with E-state index in [1.54, 1.807) is 11.3 Å². The van der Waals surface area contributed by atoms with Crippen LogP contribution < -0.4 is 5.73 Å². The molecule has 0 aliphatic rings. The monoisotopic (exact) mass is 226 g/mol. The summed E-state index contributed by atoms with van der Waals surface area (Å²) >= 11 is 1.78. The molecule has 0 aliphatic carbocycles. The summed E-state index contributed by atoms with van der Waals surface area (Å²) in [6.07, 6.45) is 4.64. The van der Waals surface area contributed by atoms with Crippen LogP contribution in [0.25, 0.3) is 0 Å². The molecule has 1 atom stereocenters. The first-order chi connectivity index (χ1) is 7.16. The Labute approximate surface area is 96.9 Å². The summed E-state index contributed by atoms with van der Waals surface area (Å²) in [7, 11) is 0. The zero-order chi connectivity index (χ0) is 11.3. The Morgan fingerprint density at radius 1 is 1.47 bits per heavy atom. The van der Waals surface area contributed by atoms with Gasteiger partial charge < -0.3 is 5.73 Å². The molecule has 0 fully saturated rings. The molecule has 0 spiro atoms. The van der Waals surface area contributed by atoms with Gasteiger partial charge in [0.2, 0.25) is 0 Å². The molecule has 2 nitrogen and oxygen atoms in total. The van der Waals surface area contributed by atoms with Gasteiger partial charge in [-0.1, -0.05) is 27.2 Å². The van der Waals surface area contributed by atoms with E-state index in [-0.39, 0.29) is 5.41 Å². The van der Waals surface area contributed by atoms with Crippen molar-refractivity contribution in [2.24, 2.45) is 5.73 Å². The highest BCUT2D eigenvalue weighted by molar-refractivity contribution is 7.09. The first-order valence-corrected chi connectivity index (χ1v) is 6.69. The van der Waals surface area contributed by atoms with Crippen LogP contribution in [0.5, 0.6) is 0 Å². The SMILES string of the molecule is CCCCc1nc(C(C)(CC)CN)cs1. The van der Waals surface area contributed by atoms with Crippen LogP contribution in [0.2, 0.25) is 0 Å². The van der Waals surface area contributed by atoms with Gasteiger partial charge in [-0.15, -0.1) is 11.3 Å². The van der Waals surface area contributed by atoms with Crippen molar-refractivity contribution in [3.8, 4) is 0 Å². The highest BCUT2D eigenvalue weighted by atomic mass is 32.1. The van der Waals surface area contributed by atoms with Gasteiger partial charge in [-0.25, -0.2) is 4.98 Å². The Balaban J connectivity index is 2.74. The molecule has 0 saturated carbocycles. The summed E-state index contributed by atoms with van der Waals surface area (Å²) in [5, 5.41) is 3.45. The van der Waals surface area contributed by atoms with Crippen molar-refractivity contribution in [1.29, 1.82) is 0 Å². The Kier molecular flexibility index (Phi) is 4.74. The van der Waals surface area contributed by atoms with Gasteiger partial charge in [0.25, 0.3) is 0 Å². The third kappa shape index (κ3) is 3.02. The van der Waals surface area contributed by atoms with E-state index in [4.69, 9.17) is 10.7 Å². The molecule has 0 radical (unpaired) electrons. The van der Waals surface area contributed by atoms with Crippen molar-refractivity contribution < 1.29 is 0 Å². The van der Waals surface area contributed by atoms with Crippen LogP contribution >= 0.6 is 11.3 Å². The van der Waals surface area contributed by atoms with E-state index in [9.17, 15) is 0 Å². The third-order valence-corrected chi connectivity index (χ3v) is 4.05. The average molecular weight is 226 g/mol. The number of hydrogen-bond donors (Lipinski definition) is 1. The summed E-state index contributed by atoms with van der Waals surface area (Å²) in [5.41, 5.74) is 7.08. The topological polar surface area (TPSA) is 38.9 Å². The molecule has 0 amide bonds. The van der Waals surface area contributed by atoms with Gasteiger partial charge in [0, 0.05) is 17.3 Å². The maximum atomic E-state index is 5.82. The van der Waals surface area contributed by atoms with Gasteiger partial charge in [-0.3, -0.25) is 0 Å². The number of aromatic nitrogens is 1. The molecule has 1 heterocycles. The first kappa shape index (κ1) is 12.7. The van der Waals surface area contributed by atoms with Crippen molar-refractivity contribution in [3.05, 3.63) is 16.1 Å². The van der Waals surface area contributed by atoms with E-state index in [0.717, 1.165) is 12.8 Å². The van der Waals surface area contributed by atoms with Gasteiger partial charge in [0.1, 0.15) is 0 Å². The van der Waals surface area contributed by atoms with E-state index in [0.29, 0.717) is 6.54 Å². The van der Waals surface area contributed by atoms with E-state index < -0.39 is 0 Å². The predicted octanol–water partition coefficient (Wildman–Crippen LogP) is 3.11. The molecule has 1 rings (SSSR count). The molecule has 1 aromatic rings. The quantitative estimate of drug-likeness (QED) is 0.809. The Hall–Kier alpha value is -0.410. The Bertz CT molecular complexity index is 290. The number of nitrogens with two attached hydrogens (primary N) is 1. The number of aryl methyl sites for hydroxylation is 1. The summed E-state index contributed by atoms with van der Waals surface area (Å²) in [5.74, 6) is 0. The fourth-order valence-electron chi connectivity index (χ4n) is 1.46. The molecule has 15 heavy (non-hydrogen) atoms. The maximum Gasteiger partial charge on any atom is 0.0928 e. The lowest BCUT2D eigenvalue weighted by Crippen LogP contribution is -2.31. The van der Waals surface area contributed by atoms with Crippen molar-refractivity contribution in [1.82, 2.24) is 4.98 Å². The zero-order valence-electron chi connectivity index (χ0n) is 10.0. The standard InChI is InChI=1S/C12H22N2S/c1-4-6-7-11-14-10(8-15-11)12(3,5-2)9-13/h8H,4-7,9,13H2,1-3H3. The normalized spacial score (nSPS) is 15.2. The number of hydrogen-bond acceptors (Lipinski definition) is 3. The summed E-state index contributed by atoms with van der Waals surface area (Å²) in [4.78, 5) is 4.70. The largest absolute Gasteiger partial charge is 0.330 e. The second-order valence-electron chi connectivity index (χ2n) is 4.35. The van der Waals surface area contributed by atoms with Crippen LogP contribution in [-0.4, -0.2) is 11.5 Å². The smallest absolute Gasteiger partial charge is 0.0928 e. The Morgan fingerprint density at radius 3 is 2.73 bits per heavy atom. The van der Waals surface area contributed by atoms with Gasteiger partial charge in [0.05, 0.1) is 10.7 Å². The first-order valence-electron chi connectivity index (χ1n) is 5.81. The van der Waals surface area contributed by atoms with E-state index in [1.165, 1.54) is 23.5 Å².